The zero-order valence-electron chi connectivity index (χ0n) is 7.46. The molecule has 14 heavy (non-hydrogen) atoms. The van der Waals surface area contributed by atoms with E-state index in [1.807, 2.05) is 12.1 Å². The predicted molar refractivity (Wildman–Crippen MR) is 60.7 cm³/mol. The summed E-state index contributed by atoms with van der Waals surface area (Å²) >= 11 is 9.35. The Morgan fingerprint density at radius 3 is 2.86 bits per heavy atom. The van der Waals surface area contributed by atoms with Crippen LogP contribution in [0.1, 0.15) is 12.8 Å². The number of carbonyl (C=O) groups excluding carboxylic acids is 1. The maximum Gasteiger partial charge on any atom is 0.227 e. The molecule has 0 spiro atoms. The molecule has 1 heterocycles. The molecule has 1 aliphatic heterocycles. The van der Waals surface area contributed by atoms with Crippen LogP contribution in [0.3, 0.4) is 0 Å². The molecule has 1 amide bonds. The lowest BCUT2D eigenvalue weighted by Gasteiger charge is -2.17. The molecular weight excluding hydrogens is 265 g/mol. The minimum Gasteiger partial charge on any atom is -0.311 e. The summed E-state index contributed by atoms with van der Waals surface area (Å²) in [6.07, 6.45) is 1.57. The molecule has 1 aromatic carbocycles. The van der Waals surface area contributed by atoms with E-state index in [0.717, 1.165) is 23.1 Å². The van der Waals surface area contributed by atoms with Gasteiger partial charge in [0, 0.05) is 13.0 Å². The molecule has 0 N–H and O–H groups in total. The van der Waals surface area contributed by atoms with E-state index in [4.69, 9.17) is 11.6 Å². The van der Waals surface area contributed by atoms with Gasteiger partial charge in [0.2, 0.25) is 5.91 Å². The van der Waals surface area contributed by atoms with Gasteiger partial charge in [0.05, 0.1) is 15.2 Å². The Hall–Kier alpha value is -0.540. The summed E-state index contributed by atoms with van der Waals surface area (Å²) in [4.78, 5) is 13.3. The van der Waals surface area contributed by atoms with Gasteiger partial charge < -0.3 is 4.90 Å². The van der Waals surface area contributed by atoms with E-state index in [-0.39, 0.29) is 5.91 Å². The summed E-state index contributed by atoms with van der Waals surface area (Å²) in [6.45, 7) is 0.789. The summed E-state index contributed by atoms with van der Waals surface area (Å²) in [5, 5.41) is 0.641. The molecule has 1 saturated heterocycles. The zero-order chi connectivity index (χ0) is 10.1. The molecule has 1 aromatic rings. The monoisotopic (exact) mass is 273 g/mol. The van der Waals surface area contributed by atoms with Crippen LogP contribution in [0, 0.1) is 0 Å². The summed E-state index contributed by atoms with van der Waals surface area (Å²) < 4.78 is 0.803. The summed E-state index contributed by atoms with van der Waals surface area (Å²) in [5.74, 6) is 0.174. The molecule has 0 radical (unpaired) electrons. The fourth-order valence-corrected chi connectivity index (χ4v) is 2.25. The van der Waals surface area contributed by atoms with Crippen molar-refractivity contribution in [3.05, 3.63) is 27.7 Å². The molecule has 0 atom stereocenters. The van der Waals surface area contributed by atoms with E-state index < -0.39 is 0 Å². The number of amides is 1. The van der Waals surface area contributed by atoms with Crippen LogP contribution >= 0.6 is 27.5 Å². The highest BCUT2D eigenvalue weighted by Crippen LogP contribution is 2.34. The lowest BCUT2D eigenvalue weighted by Crippen LogP contribution is -2.23. The van der Waals surface area contributed by atoms with Crippen LogP contribution < -0.4 is 4.90 Å². The van der Waals surface area contributed by atoms with Gasteiger partial charge in [0.1, 0.15) is 0 Å². The Kier molecular flexibility index (Phi) is 2.79. The summed E-state index contributed by atoms with van der Waals surface area (Å²) in [6, 6.07) is 5.56. The molecule has 4 heteroatoms. The fourth-order valence-electron chi connectivity index (χ4n) is 1.60. The summed E-state index contributed by atoms with van der Waals surface area (Å²) in [5.41, 5.74) is 0.875. The number of anilines is 1. The Bertz CT molecular complexity index is 380. The van der Waals surface area contributed by atoms with Gasteiger partial charge in [-0.25, -0.2) is 0 Å². The van der Waals surface area contributed by atoms with Crippen LogP contribution in [-0.2, 0) is 4.79 Å². The second-order valence-corrected chi connectivity index (χ2v) is 4.42. The summed E-state index contributed by atoms with van der Waals surface area (Å²) in [7, 11) is 0. The van der Waals surface area contributed by atoms with E-state index in [2.05, 4.69) is 15.9 Å². The minimum atomic E-state index is 0.174. The lowest BCUT2D eigenvalue weighted by atomic mass is 10.3. The highest BCUT2D eigenvalue weighted by molar-refractivity contribution is 9.10. The number of rotatable bonds is 1. The molecule has 1 fully saturated rings. The van der Waals surface area contributed by atoms with Gasteiger partial charge >= 0.3 is 0 Å². The molecule has 2 rings (SSSR count). The fraction of sp³-hybridized carbons (Fsp3) is 0.300. The lowest BCUT2D eigenvalue weighted by molar-refractivity contribution is -0.117. The Morgan fingerprint density at radius 1 is 1.43 bits per heavy atom. The number of benzene rings is 1. The first-order chi connectivity index (χ1) is 6.70. The van der Waals surface area contributed by atoms with Gasteiger partial charge in [-0.2, -0.15) is 0 Å². The second-order valence-electron chi connectivity index (χ2n) is 3.22. The molecule has 0 unspecified atom stereocenters. The molecule has 0 saturated carbocycles. The van der Waals surface area contributed by atoms with E-state index in [0.29, 0.717) is 11.4 Å². The molecule has 1 aliphatic rings. The highest BCUT2D eigenvalue weighted by Gasteiger charge is 2.23. The van der Waals surface area contributed by atoms with Gasteiger partial charge in [0.25, 0.3) is 0 Å². The first-order valence-corrected chi connectivity index (χ1v) is 5.61. The van der Waals surface area contributed by atoms with E-state index in [1.165, 1.54) is 0 Å². The van der Waals surface area contributed by atoms with Gasteiger partial charge in [-0.3, -0.25) is 4.79 Å². The normalized spacial score (nSPS) is 16.4. The predicted octanol–water partition coefficient (Wildman–Crippen LogP) is 3.23. The van der Waals surface area contributed by atoms with Crippen molar-refractivity contribution in [3.8, 4) is 0 Å². The van der Waals surface area contributed by atoms with Crippen LogP contribution in [0.15, 0.2) is 22.7 Å². The van der Waals surface area contributed by atoms with Crippen molar-refractivity contribution in [2.45, 2.75) is 12.8 Å². The van der Waals surface area contributed by atoms with Crippen molar-refractivity contribution >= 4 is 39.1 Å². The van der Waals surface area contributed by atoms with Gasteiger partial charge in [0.15, 0.2) is 0 Å². The second kappa shape index (κ2) is 3.91. The van der Waals surface area contributed by atoms with Gasteiger partial charge in [-0.05, 0) is 34.5 Å². The molecule has 0 aliphatic carbocycles. The average molecular weight is 275 g/mol. The molecule has 0 aromatic heterocycles. The van der Waals surface area contributed by atoms with Gasteiger partial charge in [-0.1, -0.05) is 17.7 Å². The van der Waals surface area contributed by atoms with Crippen molar-refractivity contribution in [3.63, 3.8) is 0 Å². The number of nitrogens with zero attached hydrogens (tertiary/aromatic N) is 1. The van der Waals surface area contributed by atoms with Crippen molar-refractivity contribution in [2.75, 3.05) is 11.4 Å². The number of hydrogen-bond acceptors (Lipinski definition) is 1. The standard InChI is InChI=1S/C10H9BrClNO/c11-10-7(12)3-1-4-8(10)13-6-2-5-9(13)14/h1,3-4H,2,5-6H2. The third kappa shape index (κ3) is 1.66. The third-order valence-electron chi connectivity index (χ3n) is 2.30. The molecular formula is C10H9BrClNO. The molecule has 74 valence electrons. The molecule has 0 bridgehead atoms. The van der Waals surface area contributed by atoms with Crippen LogP contribution in [0.4, 0.5) is 5.69 Å². The van der Waals surface area contributed by atoms with Crippen LogP contribution in [-0.4, -0.2) is 12.5 Å². The third-order valence-corrected chi connectivity index (χ3v) is 3.67. The zero-order valence-corrected chi connectivity index (χ0v) is 9.81. The maximum absolute atomic E-state index is 11.5. The number of carbonyl (C=O) groups is 1. The topological polar surface area (TPSA) is 20.3 Å². The van der Waals surface area contributed by atoms with Crippen LogP contribution in [0.2, 0.25) is 5.02 Å². The first kappa shape index (κ1) is 9.99. The van der Waals surface area contributed by atoms with Crippen LogP contribution in [0.25, 0.3) is 0 Å². The first-order valence-electron chi connectivity index (χ1n) is 4.44. The smallest absolute Gasteiger partial charge is 0.227 e. The van der Waals surface area contributed by atoms with Crippen molar-refractivity contribution in [1.82, 2.24) is 0 Å². The number of halogens is 2. The Labute approximate surface area is 96.0 Å². The minimum absolute atomic E-state index is 0.174. The van der Waals surface area contributed by atoms with E-state index >= 15 is 0 Å². The highest BCUT2D eigenvalue weighted by atomic mass is 79.9. The van der Waals surface area contributed by atoms with Crippen molar-refractivity contribution in [2.24, 2.45) is 0 Å². The maximum atomic E-state index is 11.5. The largest absolute Gasteiger partial charge is 0.311 e. The number of hydrogen-bond donors (Lipinski definition) is 0. The molecule has 2 nitrogen and oxygen atoms in total. The SMILES string of the molecule is O=C1CCCN1c1cccc(Cl)c1Br. The van der Waals surface area contributed by atoms with E-state index in [9.17, 15) is 4.79 Å². The quantitative estimate of drug-likeness (QED) is 0.770. The Balaban J connectivity index is 2.41. The van der Waals surface area contributed by atoms with Crippen molar-refractivity contribution in [1.29, 1.82) is 0 Å². The van der Waals surface area contributed by atoms with Crippen LogP contribution in [0.5, 0.6) is 0 Å². The average Bonchev–Trinajstić information content (AvgIpc) is 2.57. The van der Waals surface area contributed by atoms with E-state index in [1.54, 1.807) is 11.0 Å². The van der Waals surface area contributed by atoms with Gasteiger partial charge in [-0.15, -0.1) is 0 Å². The Morgan fingerprint density at radius 2 is 2.21 bits per heavy atom. The van der Waals surface area contributed by atoms with Crippen molar-refractivity contribution < 1.29 is 4.79 Å².